The van der Waals surface area contributed by atoms with Crippen LogP contribution in [0.5, 0.6) is 0 Å². The number of carbonyl (C=O) groups excluding carboxylic acids is 1. The zero-order valence-electron chi connectivity index (χ0n) is 11.6. The highest BCUT2D eigenvalue weighted by Crippen LogP contribution is 2.25. The lowest BCUT2D eigenvalue weighted by Gasteiger charge is -2.37. The summed E-state index contributed by atoms with van der Waals surface area (Å²) in [6, 6.07) is 5.05. The molecule has 0 spiro atoms. The summed E-state index contributed by atoms with van der Waals surface area (Å²) in [5.41, 5.74) is 0.969. The monoisotopic (exact) mass is 264 g/mol. The first kappa shape index (κ1) is 14.0. The number of carbonyl (C=O) groups is 1. The van der Waals surface area contributed by atoms with E-state index in [0.29, 0.717) is 23.6 Å². The molecule has 1 aliphatic rings. The van der Waals surface area contributed by atoms with Gasteiger partial charge in [0.2, 0.25) is 0 Å². The molecular formula is C15H21FN2O. The zero-order valence-corrected chi connectivity index (χ0v) is 11.6. The van der Waals surface area contributed by atoms with Gasteiger partial charge in [-0.1, -0.05) is 6.92 Å². The van der Waals surface area contributed by atoms with Gasteiger partial charge in [-0.25, -0.2) is 4.39 Å². The van der Waals surface area contributed by atoms with Gasteiger partial charge in [0.05, 0.1) is 5.69 Å². The van der Waals surface area contributed by atoms with E-state index in [-0.39, 0.29) is 5.82 Å². The maximum absolute atomic E-state index is 14.0. The van der Waals surface area contributed by atoms with Gasteiger partial charge in [0, 0.05) is 31.7 Å². The summed E-state index contributed by atoms with van der Waals surface area (Å²) in [6.07, 6.45) is 2.78. The summed E-state index contributed by atoms with van der Waals surface area (Å²) >= 11 is 0. The van der Waals surface area contributed by atoms with Crippen LogP contribution in [0, 0.1) is 5.82 Å². The first-order valence-corrected chi connectivity index (χ1v) is 6.85. The Morgan fingerprint density at radius 1 is 1.42 bits per heavy atom. The van der Waals surface area contributed by atoms with Gasteiger partial charge in [0.1, 0.15) is 12.1 Å². The van der Waals surface area contributed by atoms with E-state index in [4.69, 9.17) is 0 Å². The van der Waals surface area contributed by atoms with E-state index in [1.165, 1.54) is 6.07 Å². The molecule has 0 bridgehead atoms. The average molecular weight is 264 g/mol. The number of benzene rings is 1. The molecule has 0 atom stereocenters. The fraction of sp³-hybridized carbons (Fsp3) is 0.533. The van der Waals surface area contributed by atoms with Crippen LogP contribution in [-0.2, 0) is 0 Å². The third kappa shape index (κ3) is 3.13. The summed E-state index contributed by atoms with van der Waals surface area (Å²) in [7, 11) is 1.94. The molecule has 1 saturated heterocycles. The minimum Gasteiger partial charge on any atom is -0.369 e. The van der Waals surface area contributed by atoms with E-state index in [2.05, 4.69) is 11.8 Å². The number of halogens is 1. The summed E-state index contributed by atoms with van der Waals surface area (Å²) in [5.74, 6) is -0.315. The van der Waals surface area contributed by atoms with Crippen molar-refractivity contribution in [1.29, 1.82) is 0 Å². The van der Waals surface area contributed by atoms with Crippen molar-refractivity contribution in [2.45, 2.75) is 25.8 Å². The normalized spacial score (nSPS) is 17.4. The van der Waals surface area contributed by atoms with Gasteiger partial charge in [-0.05, 0) is 37.6 Å². The fourth-order valence-electron chi connectivity index (χ4n) is 2.70. The van der Waals surface area contributed by atoms with E-state index in [1.807, 2.05) is 11.9 Å². The van der Waals surface area contributed by atoms with Crippen molar-refractivity contribution in [2.75, 3.05) is 31.6 Å². The van der Waals surface area contributed by atoms with Crippen LogP contribution >= 0.6 is 0 Å². The molecule has 1 fully saturated rings. The molecule has 1 aromatic rings. The third-order valence-corrected chi connectivity index (χ3v) is 4.04. The molecule has 0 aromatic heterocycles. The second-order valence-electron chi connectivity index (χ2n) is 5.11. The molecule has 1 aliphatic heterocycles. The Morgan fingerprint density at radius 2 is 2.11 bits per heavy atom. The number of hydrogen-bond donors (Lipinski definition) is 0. The number of aldehydes is 1. The number of nitrogens with zero attached hydrogens (tertiary/aromatic N) is 2. The number of piperidine rings is 1. The lowest BCUT2D eigenvalue weighted by atomic mass is 10.0. The minimum absolute atomic E-state index is 0.315. The lowest BCUT2D eigenvalue weighted by Crippen LogP contribution is -2.43. The van der Waals surface area contributed by atoms with Crippen LogP contribution in [0.4, 0.5) is 10.1 Å². The van der Waals surface area contributed by atoms with Gasteiger partial charge in [0.15, 0.2) is 0 Å². The van der Waals surface area contributed by atoms with Gasteiger partial charge < -0.3 is 9.80 Å². The Bertz CT molecular complexity index is 442. The van der Waals surface area contributed by atoms with E-state index >= 15 is 0 Å². The van der Waals surface area contributed by atoms with E-state index in [9.17, 15) is 9.18 Å². The number of hydrogen-bond acceptors (Lipinski definition) is 3. The molecule has 104 valence electrons. The van der Waals surface area contributed by atoms with Crippen molar-refractivity contribution in [2.24, 2.45) is 0 Å². The molecule has 0 radical (unpaired) electrons. The van der Waals surface area contributed by atoms with Crippen LogP contribution in [0.3, 0.4) is 0 Å². The second-order valence-corrected chi connectivity index (χ2v) is 5.11. The van der Waals surface area contributed by atoms with Crippen molar-refractivity contribution in [3.8, 4) is 0 Å². The average Bonchev–Trinajstić information content (AvgIpc) is 2.46. The summed E-state index contributed by atoms with van der Waals surface area (Å²) in [5, 5.41) is 0. The Balaban J connectivity index is 2.07. The third-order valence-electron chi connectivity index (χ3n) is 4.04. The molecule has 0 saturated carbocycles. The van der Waals surface area contributed by atoms with E-state index in [1.54, 1.807) is 12.1 Å². The highest BCUT2D eigenvalue weighted by atomic mass is 19.1. The van der Waals surface area contributed by atoms with Crippen molar-refractivity contribution in [1.82, 2.24) is 4.90 Å². The molecule has 2 rings (SSSR count). The van der Waals surface area contributed by atoms with Crippen LogP contribution in [0.2, 0.25) is 0 Å². The van der Waals surface area contributed by atoms with Crippen molar-refractivity contribution >= 4 is 12.0 Å². The molecule has 4 heteroatoms. The van der Waals surface area contributed by atoms with Gasteiger partial charge >= 0.3 is 0 Å². The topological polar surface area (TPSA) is 23.6 Å². The zero-order chi connectivity index (χ0) is 13.8. The standard InChI is InChI=1S/C15H21FN2O/c1-3-18-8-6-13(7-9-18)17(2)15-5-4-12(11-19)10-14(15)16/h4-5,10-11,13H,3,6-9H2,1-2H3. The van der Waals surface area contributed by atoms with Gasteiger partial charge in [0.25, 0.3) is 0 Å². The van der Waals surface area contributed by atoms with Gasteiger partial charge in [-0.3, -0.25) is 4.79 Å². The number of rotatable bonds is 4. The maximum Gasteiger partial charge on any atom is 0.150 e. The Morgan fingerprint density at radius 3 is 2.63 bits per heavy atom. The Kier molecular flexibility index (Phi) is 4.53. The summed E-state index contributed by atoms with van der Waals surface area (Å²) < 4.78 is 14.0. The van der Waals surface area contributed by atoms with Gasteiger partial charge in [-0.15, -0.1) is 0 Å². The van der Waals surface area contributed by atoms with Crippen LogP contribution in [0.15, 0.2) is 18.2 Å². The predicted octanol–water partition coefficient (Wildman–Crippen LogP) is 2.56. The van der Waals surface area contributed by atoms with Crippen LogP contribution in [0.1, 0.15) is 30.1 Å². The second kappa shape index (κ2) is 6.15. The quantitative estimate of drug-likeness (QED) is 0.781. The smallest absolute Gasteiger partial charge is 0.150 e. The van der Waals surface area contributed by atoms with Crippen molar-refractivity contribution < 1.29 is 9.18 Å². The SMILES string of the molecule is CCN1CCC(N(C)c2ccc(C=O)cc2F)CC1. The number of likely N-dealkylation sites (tertiary alicyclic amines) is 1. The molecule has 1 heterocycles. The highest BCUT2D eigenvalue weighted by molar-refractivity contribution is 5.76. The molecular weight excluding hydrogens is 243 g/mol. The van der Waals surface area contributed by atoms with Crippen molar-refractivity contribution in [3.63, 3.8) is 0 Å². The summed E-state index contributed by atoms with van der Waals surface area (Å²) in [4.78, 5) is 15.0. The first-order valence-electron chi connectivity index (χ1n) is 6.85. The predicted molar refractivity (Wildman–Crippen MR) is 75.3 cm³/mol. The molecule has 0 N–H and O–H groups in total. The molecule has 0 amide bonds. The fourth-order valence-corrected chi connectivity index (χ4v) is 2.70. The molecule has 0 aliphatic carbocycles. The maximum atomic E-state index is 14.0. The number of anilines is 1. The van der Waals surface area contributed by atoms with E-state index < -0.39 is 0 Å². The molecule has 1 aromatic carbocycles. The van der Waals surface area contributed by atoms with Crippen LogP contribution in [0.25, 0.3) is 0 Å². The Labute approximate surface area is 114 Å². The lowest BCUT2D eigenvalue weighted by molar-refractivity contribution is 0.112. The highest BCUT2D eigenvalue weighted by Gasteiger charge is 2.23. The van der Waals surface area contributed by atoms with Gasteiger partial charge in [-0.2, -0.15) is 0 Å². The minimum atomic E-state index is -0.315. The first-order chi connectivity index (χ1) is 9.15. The van der Waals surface area contributed by atoms with Crippen molar-refractivity contribution in [3.05, 3.63) is 29.6 Å². The largest absolute Gasteiger partial charge is 0.369 e. The van der Waals surface area contributed by atoms with E-state index in [0.717, 1.165) is 32.5 Å². The summed E-state index contributed by atoms with van der Waals surface area (Å²) in [6.45, 7) is 5.39. The van der Waals surface area contributed by atoms with Crippen LogP contribution < -0.4 is 4.90 Å². The molecule has 0 unspecified atom stereocenters. The molecule has 3 nitrogen and oxygen atoms in total. The molecule has 19 heavy (non-hydrogen) atoms. The Hall–Kier alpha value is -1.42. The van der Waals surface area contributed by atoms with Crippen LogP contribution in [-0.4, -0.2) is 43.9 Å².